The average Bonchev–Trinajstić information content (AvgIpc) is 2.78. The molecule has 0 fully saturated rings. The van der Waals surface area contributed by atoms with Crippen molar-refractivity contribution in [2.45, 2.75) is 12.1 Å². The summed E-state index contributed by atoms with van der Waals surface area (Å²) in [6, 6.07) is 23.9. The van der Waals surface area contributed by atoms with E-state index in [4.69, 9.17) is 9.72 Å². The Morgan fingerprint density at radius 1 is 0.967 bits per heavy atom. The summed E-state index contributed by atoms with van der Waals surface area (Å²) in [7, 11) is 0. The summed E-state index contributed by atoms with van der Waals surface area (Å²) in [6.45, 7) is 2.18. The summed E-state index contributed by atoms with van der Waals surface area (Å²) >= 11 is 1.39. The minimum absolute atomic E-state index is 0.112. The van der Waals surface area contributed by atoms with Gasteiger partial charge in [0.1, 0.15) is 6.61 Å². The number of hydrogen-bond donors (Lipinski definition) is 0. The number of thioether (sulfide) groups is 1. The minimum atomic E-state index is -0.362. The van der Waals surface area contributed by atoms with Gasteiger partial charge in [-0.25, -0.2) is 9.78 Å². The van der Waals surface area contributed by atoms with Crippen LogP contribution >= 0.6 is 11.8 Å². The second-order valence-corrected chi connectivity index (χ2v) is 7.75. The zero-order chi connectivity index (χ0) is 20.9. The zero-order valence-electron chi connectivity index (χ0n) is 16.4. The number of rotatable bonds is 6. The number of carbonyl (C=O) groups excluding carboxylic acids is 1. The SMILES string of the molecule is Cc1ccccc1-n1c(SCCOC(=O)c2ccccc2)nc2ccccc2c1=O. The summed E-state index contributed by atoms with van der Waals surface area (Å²) in [5.41, 5.74) is 2.83. The van der Waals surface area contributed by atoms with Crippen molar-refractivity contribution in [2.75, 3.05) is 12.4 Å². The molecule has 3 aromatic carbocycles. The predicted octanol–water partition coefficient (Wildman–Crippen LogP) is 4.64. The first kappa shape index (κ1) is 19.9. The summed E-state index contributed by atoms with van der Waals surface area (Å²) in [4.78, 5) is 30.1. The van der Waals surface area contributed by atoms with Crippen LogP contribution in [0, 0.1) is 6.92 Å². The molecular formula is C24H20N2O3S. The molecule has 0 aliphatic rings. The van der Waals surface area contributed by atoms with E-state index in [0.717, 1.165) is 11.3 Å². The second kappa shape index (κ2) is 8.97. The first-order valence-electron chi connectivity index (χ1n) is 9.58. The van der Waals surface area contributed by atoms with Gasteiger partial charge in [0.15, 0.2) is 5.16 Å². The third-order valence-corrected chi connectivity index (χ3v) is 5.56. The van der Waals surface area contributed by atoms with E-state index in [2.05, 4.69) is 0 Å². The largest absolute Gasteiger partial charge is 0.461 e. The van der Waals surface area contributed by atoms with Crippen molar-refractivity contribution in [3.63, 3.8) is 0 Å². The van der Waals surface area contributed by atoms with Gasteiger partial charge < -0.3 is 4.74 Å². The molecule has 150 valence electrons. The molecule has 4 aromatic rings. The number of benzene rings is 3. The Balaban J connectivity index is 1.60. The molecule has 6 heteroatoms. The highest BCUT2D eigenvalue weighted by Crippen LogP contribution is 2.23. The third kappa shape index (κ3) is 4.14. The van der Waals surface area contributed by atoms with Crippen LogP contribution in [0.15, 0.2) is 88.8 Å². The van der Waals surface area contributed by atoms with E-state index in [1.165, 1.54) is 11.8 Å². The smallest absolute Gasteiger partial charge is 0.338 e. The average molecular weight is 417 g/mol. The summed E-state index contributed by atoms with van der Waals surface area (Å²) in [5.74, 6) is 0.119. The van der Waals surface area contributed by atoms with Crippen molar-refractivity contribution in [3.8, 4) is 5.69 Å². The number of esters is 1. The normalized spacial score (nSPS) is 10.8. The van der Waals surface area contributed by atoms with Crippen molar-refractivity contribution in [3.05, 3.63) is 100 Å². The van der Waals surface area contributed by atoms with Crippen LogP contribution in [0.5, 0.6) is 0 Å². The number of fused-ring (bicyclic) bond motifs is 1. The Morgan fingerprint density at radius 3 is 2.47 bits per heavy atom. The van der Waals surface area contributed by atoms with Gasteiger partial charge in [-0.15, -0.1) is 0 Å². The van der Waals surface area contributed by atoms with Crippen LogP contribution < -0.4 is 5.56 Å². The maximum absolute atomic E-state index is 13.3. The molecule has 0 saturated carbocycles. The Bertz CT molecular complexity index is 1250. The van der Waals surface area contributed by atoms with Gasteiger partial charge in [0, 0.05) is 5.75 Å². The Morgan fingerprint density at radius 2 is 1.67 bits per heavy atom. The quantitative estimate of drug-likeness (QED) is 0.198. The molecule has 0 aliphatic heterocycles. The fraction of sp³-hybridized carbons (Fsp3) is 0.125. The van der Waals surface area contributed by atoms with Crippen LogP contribution in [0.25, 0.3) is 16.6 Å². The molecule has 5 nitrogen and oxygen atoms in total. The highest BCUT2D eigenvalue weighted by molar-refractivity contribution is 7.99. The van der Waals surface area contributed by atoms with Crippen molar-refractivity contribution in [1.82, 2.24) is 9.55 Å². The van der Waals surface area contributed by atoms with Gasteiger partial charge >= 0.3 is 5.97 Å². The van der Waals surface area contributed by atoms with Crippen LogP contribution in [0.2, 0.25) is 0 Å². The topological polar surface area (TPSA) is 61.2 Å². The van der Waals surface area contributed by atoms with Crippen molar-refractivity contribution < 1.29 is 9.53 Å². The first-order valence-corrected chi connectivity index (χ1v) is 10.6. The first-order chi connectivity index (χ1) is 14.6. The van der Waals surface area contributed by atoms with Crippen molar-refractivity contribution in [1.29, 1.82) is 0 Å². The van der Waals surface area contributed by atoms with Gasteiger partial charge in [0.2, 0.25) is 0 Å². The zero-order valence-corrected chi connectivity index (χ0v) is 17.3. The number of para-hydroxylation sites is 2. The highest BCUT2D eigenvalue weighted by atomic mass is 32.2. The van der Waals surface area contributed by atoms with E-state index in [0.29, 0.717) is 27.4 Å². The summed E-state index contributed by atoms with van der Waals surface area (Å²) in [6.07, 6.45) is 0. The van der Waals surface area contributed by atoms with Gasteiger partial charge in [-0.05, 0) is 42.8 Å². The van der Waals surface area contributed by atoms with E-state index in [9.17, 15) is 9.59 Å². The summed E-state index contributed by atoms with van der Waals surface area (Å²) < 4.78 is 7.00. The lowest BCUT2D eigenvalue weighted by Gasteiger charge is -2.15. The van der Waals surface area contributed by atoms with Gasteiger partial charge in [0.25, 0.3) is 5.56 Å². The van der Waals surface area contributed by atoms with Crippen LogP contribution in [0.1, 0.15) is 15.9 Å². The lowest BCUT2D eigenvalue weighted by atomic mass is 10.2. The molecule has 1 heterocycles. The molecule has 0 aliphatic carbocycles. The van der Waals surface area contributed by atoms with E-state index in [-0.39, 0.29) is 18.1 Å². The molecule has 0 spiro atoms. The fourth-order valence-corrected chi connectivity index (χ4v) is 3.98. The minimum Gasteiger partial charge on any atom is -0.461 e. The number of hydrogen-bond acceptors (Lipinski definition) is 5. The molecule has 30 heavy (non-hydrogen) atoms. The van der Waals surface area contributed by atoms with Crippen molar-refractivity contribution >= 4 is 28.6 Å². The van der Waals surface area contributed by atoms with E-state index in [1.807, 2.05) is 55.5 Å². The van der Waals surface area contributed by atoms with Crippen molar-refractivity contribution in [2.24, 2.45) is 0 Å². The van der Waals surface area contributed by atoms with Gasteiger partial charge in [-0.2, -0.15) is 0 Å². The lowest BCUT2D eigenvalue weighted by molar-refractivity contribution is 0.0530. The van der Waals surface area contributed by atoms with Gasteiger partial charge in [0.05, 0.1) is 22.2 Å². The lowest BCUT2D eigenvalue weighted by Crippen LogP contribution is -2.22. The summed E-state index contributed by atoms with van der Waals surface area (Å²) in [5, 5.41) is 1.14. The molecule has 0 unspecified atom stereocenters. The molecule has 1 aromatic heterocycles. The Hall–Kier alpha value is -3.38. The third-order valence-electron chi connectivity index (χ3n) is 4.66. The fourth-order valence-electron chi connectivity index (χ4n) is 3.16. The molecule has 0 atom stereocenters. The molecule has 0 bridgehead atoms. The number of aromatic nitrogens is 2. The van der Waals surface area contributed by atoms with E-state index in [1.54, 1.807) is 34.9 Å². The Kier molecular flexibility index (Phi) is 5.95. The molecule has 0 amide bonds. The maximum atomic E-state index is 13.3. The van der Waals surface area contributed by atoms with Crippen LogP contribution in [-0.4, -0.2) is 27.9 Å². The molecule has 4 rings (SSSR count). The molecular weight excluding hydrogens is 396 g/mol. The number of aryl methyl sites for hydroxylation is 1. The molecule has 0 radical (unpaired) electrons. The van der Waals surface area contributed by atoms with Gasteiger partial charge in [-0.3, -0.25) is 9.36 Å². The monoisotopic (exact) mass is 416 g/mol. The number of nitrogens with zero attached hydrogens (tertiary/aromatic N) is 2. The predicted molar refractivity (Wildman–Crippen MR) is 120 cm³/mol. The Labute approximate surface area is 178 Å². The number of ether oxygens (including phenoxy) is 1. The number of carbonyl (C=O) groups is 1. The van der Waals surface area contributed by atoms with Crippen LogP contribution in [0.3, 0.4) is 0 Å². The van der Waals surface area contributed by atoms with Gasteiger partial charge in [-0.1, -0.05) is 60.3 Å². The standard InChI is InChI=1S/C24H20N2O3S/c1-17-9-5-8-14-21(17)26-22(27)19-12-6-7-13-20(19)25-24(26)30-16-15-29-23(28)18-10-3-2-4-11-18/h2-14H,15-16H2,1H3. The van der Waals surface area contributed by atoms with Crippen LogP contribution in [-0.2, 0) is 4.74 Å². The van der Waals surface area contributed by atoms with Crippen LogP contribution in [0.4, 0.5) is 0 Å². The van der Waals surface area contributed by atoms with E-state index < -0.39 is 0 Å². The van der Waals surface area contributed by atoms with E-state index >= 15 is 0 Å². The maximum Gasteiger partial charge on any atom is 0.338 e. The molecule has 0 saturated heterocycles. The second-order valence-electron chi connectivity index (χ2n) is 6.69. The highest BCUT2D eigenvalue weighted by Gasteiger charge is 2.15. The molecule has 0 N–H and O–H groups in total.